The molecule has 0 spiro atoms. The van der Waals surface area contributed by atoms with Gasteiger partial charge in [-0.05, 0) is 74.1 Å². The molecule has 1 aromatic heterocycles. The van der Waals surface area contributed by atoms with Gasteiger partial charge in [-0.15, -0.1) is 0 Å². The molecule has 1 aromatic carbocycles. The molecule has 0 radical (unpaired) electrons. The molecule has 1 fully saturated rings. The van der Waals surface area contributed by atoms with Gasteiger partial charge in [0.1, 0.15) is 17.6 Å². The minimum atomic E-state index is -0.427. The molecule has 1 atom stereocenters. The second-order valence-corrected chi connectivity index (χ2v) is 11.5. The molecular weight excluding hydrogens is 478 g/mol. The smallest absolute Gasteiger partial charge is 0.328 e. The summed E-state index contributed by atoms with van der Waals surface area (Å²) in [6.45, 7) is 10.7. The van der Waals surface area contributed by atoms with Crippen LogP contribution in [0.4, 0.5) is 5.82 Å². The summed E-state index contributed by atoms with van der Waals surface area (Å²) in [5.41, 5.74) is 4.61. The van der Waals surface area contributed by atoms with E-state index in [2.05, 4.69) is 42.3 Å². The number of esters is 1. The van der Waals surface area contributed by atoms with Gasteiger partial charge in [0.05, 0.1) is 19.3 Å². The standard InChI is InChI=1S/C31H43N3O4/c1-4-36-30(35)28(25-12-8-13-26-27(25)31(2,3)16-19-38-26)34-20-24(21-34)37-18-7-5-6-11-23-15-14-22-10-9-17-32-29(22)33-23/h8,12-15,24,28H,4-7,9-11,16-21H2,1-3H3,(H,32,33). The van der Waals surface area contributed by atoms with Crippen LogP contribution in [-0.4, -0.2) is 61.4 Å². The third kappa shape index (κ3) is 5.99. The summed E-state index contributed by atoms with van der Waals surface area (Å²) < 4.78 is 17.7. The predicted octanol–water partition coefficient (Wildman–Crippen LogP) is 5.22. The number of rotatable bonds is 11. The van der Waals surface area contributed by atoms with Crippen LogP contribution < -0.4 is 10.1 Å². The zero-order valence-electron chi connectivity index (χ0n) is 23.3. The number of carbonyl (C=O) groups excluding carboxylic acids is 1. The Balaban J connectivity index is 1.10. The van der Waals surface area contributed by atoms with Gasteiger partial charge in [-0.2, -0.15) is 0 Å². The maximum atomic E-state index is 13.2. The van der Waals surface area contributed by atoms with Crippen molar-refractivity contribution in [2.24, 2.45) is 0 Å². The molecule has 3 aliphatic heterocycles. The normalized spacial score (nSPS) is 19.3. The Morgan fingerprint density at radius 2 is 2.08 bits per heavy atom. The van der Waals surface area contributed by atoms with E-state index in [4.69, 9.17) is 19.2 Å². The average Bonchev–Trinajstić information content (AvgIpc) is 2.88. The van der Waals surface area contributed by atoms with Crippen LogP contribution in [0.3, 0.4) is 0 Å². The Hall–Kier alpha value is -2.64. The van der Waals surface area contributed by atoms with E-state index >= 15 is 0 Å². The summed E-state index contributed by atoms with van der Waals surface area (Å²) in [7, 11) is 0. The van der Waals surface area contributed by atoms with Crippen molar-refractivity contribution in [3.8, 4) is 5.75 Å². The molecule has 1 unspecified atom stereocenters. The van der Waals surface area contributed by atoms with Gasteiger partial charge >= 0.3 is 5.97 Å². The molecule has 4 heterocycles. The van der Waals surface area contributed by atoms with Gasteiger partial charge in [0.15, 0.2) is 0 Å². The van der Waals surface area contributed by atoms with Crippen LogP contribution in [0.1, 0.15) is 81.3 Å². The van der Waals surface area contributed by atoms with E-state index in [0.29, 0.717) is 13.2 Å². The number of hydrogen-bond donors (Lipinski definition) is 1. The molecule has 7 nitrogen and oxygen atoms in total. The molecule has 2 aromatic rings. The molecule has 0 amide bonds. The zero-order valence-corrected chi connectivity index (χ0v) is 23.3. The van der Waals surface area contributed by atoms with Crippen molar-refractivity contribution in [1.29, 1.82) is 0 Å². The average molecular weight is 522 g/mol. The van der Waals surface area contributed by atoms with E-state index in [-0.39, 0.29) is 17.5 Å². The molecule has 7 heteroatoms. The second kappa shape index (κ2) is 12.0. The summed E-state index contributed by atoms with van der Waals surface area (Å²) in [6, 6.07) is 10.1. The number of aryl methyl sites for hydroxylation is 2. The Bertz CT molecular complexity index is 1110. The molecule has 206 valence electrons. The van der Waals surface area contributed by atoms with Crippen LogP contribution in [0.5, 0.6) is 5.75 Å². The van der Waals surface area contributed by atoms with Gasteiger partial charge in [0.25, 0.3) is 0 Å². The lowest BCUT2D eigenvalue weighted by Crippen LogP contribution is -2.55. The number of ether oxygens (including phenoxy) is 3. The molecular formula is C31H43N3O4. The number of aromatic nitrogens is 1. The summed E-state index contributed by atoms with van der Waals surface area (Å²) >= 11 is 0. The minimum absolute atomic E-state index is 0.0547. The Morgan fingerprint density at radius 1 is 1.21 bits per heavy atom. The number of nitrogens with zero attached hydrogens (tertiary/aromatic N) is 2. The lowest BCUT2D eigenvalue weighted by Gasteiger charge is -2.45. The van der Waals surface area contributed by atoms with Crippen LogP contribution in [-0.2, 0) is 32.5 Å². The van der Waals surface area contributed by atoms with E-state index in [1.807, 2.05) is 19.1 Å². The number of hydrogen-bond acceptors (Lipinski definition) is 7. The number of unbranched alkanes of at least 4 members (excludes halogenated alkanes) is 2. The summed E-state index contributed by atoms with van der Waals surface area (Å²) in [5.74, 6) is 1.79. The predicted molar refractivity (Wildman–Crippen MR) is 149 cm³/mol. The van der Waals surface area contributed by atoms with Crippen molar-refractivity contribution in [3.63, 3.8) is 0 Å². The number of pyridine rings is 1. The Kier molecular flexibility index (Phi) is 8.54. The van der Waals surface area contributed by atoms with E-state index in [1.54, 1.807) is 0 Å². The third-order valence-corrected chi connectivity index (χ3v) is 8.15. The molecule has 0 bridgehead atoms. The van der Waals surface area contributed by atoms with Gasteiger partial charge in [0.2, 0.25) is 0 Å². The molecule has 5 rings (SSSR count). The first kappa shape index (κ1) is 26.9. The van der Waals surface area contributed by atoms with Crippen LogP contribution in [0.25, 0.3) is 0 Å². The fraction of sp³-hybridized carbons (Fsp3) is 0.613. The Morgan fingerprint density at radius 3 is 2.92 bits per heavy atom. The van der Waals surface area contributed by atoms with Crippen LogP contribution in [0.15, 0.2) is 30.3 Å². The van der Waals surface area contributed by atoms with E-state index in [9.17, 15) is 4.79 Å². The number of benzene rings is 1. The first-order valence-corrected chi connectivity index (χ1v) is 14.5. The van der Waals surface area contributed by atoms with Crippen molar-refractivity contribution in [2.45, 2.75) is 83.3 Å². The number of nitrogens with one attached hydrogen (secondary N) is 1. The fourth-order valence-electron chi connectivity index (χ4n) is 5.98. The highest BCUT2D eigenvalue weighted by molar-refractivity contribution is 5.79. The van der Waals surface area contributed by atoms with E-state index in [1.165, 1.54) is 17.7 Å². The van der Waals surface area contributed by atoms with Crippen LogP contribution in [0.2, 0.25) is 0 Å². The molecule has 0 saturated carbocycles. The van der Waals surface area contributed by atoms with E-state index < -0.39 is 6.04 Å². The van der Waals surface area contributed by atoms with Crippen molar-refractivity contribution in [1.82, 2.24) is 9.88 Å². The minimum Gasteiger partial charge on any atom is -0.493 e. The van der Waals surface area contributed by atoms with Crippen molar-refractivity contribution < 1.29 is 19.0 Å². The topological polar surface area (TPSA) is 72.9 Å². The molecule has 0 aliphatic carbocycles. The quantitative estimate of drug-likeness (QED) is 0.321. The molecule has 38 heavy (non-hydrogen) atoms. The first-order chi connectivity index (χ1) is 18.5. The highest BCUT2D eigenvalue weighted by atomic mass is 16.5. The lowest BCUT2D eigenvalue weighted by molar-refractivity contribution is -0.157. The lowest BCUT2D eigenvalue weighted by atomic mass is 9.75. The van der Waals surface area contributed by atoms with Crippen LogP contribution in [0, 0.1) is 0 Å². The molecule has 1 N–H and O–H groups in total. The van der Waals surface area contributed by atoms with Gasteiger partial charge in [0, 0.05) is 37.5 Å². The molecule has 3 aliphatic rings. The highest BCUT2D eigenvalue weighted by Crippen LogP contribution is 2.44. The second-order valence-electron chi connectivity index (χ2n) is 11.5. The molecule has 1 saturated heterocycles. The monoisotopic (exact) mass is 521 g/mol. The van der Waals surface area contributed by atoms with Crippen molar-refractivity contribution in [2.75, 3.05) is 44.8 Å². The fourth-order valence-corrected chi connectivity index (χ4v) is 5.98. The summed E-state index contributed by atoms with van der Waals surface area (Å²) in [6.07, 6.45) is 7.70. The SMILES string of the molecule is CCOC(=O)C(c1cccc2c1C(C)(C)CCO2)N1CC(OCCCCCc2ccc3c(n2)NCCC3)C1. The van der Waals surface area contributed by atoms with Gasteiger partial charge < -0.3 is 19.5 Å². The van der Waals surface area contributed by atoms with Gasteiger partial charge in [-0.3, -0.25) is 4.90 Å². The number of fused-ring (bicyclic) bond motifs is 2. The first-order valence-electron chi connectivity index (χ1n) is 14.5. The van der Waals surface area contributed by atoms with Crippen LogP contribution >= 0.6 is 0 Å². The number of anilines is 1. The van der Waals surface area contributed by atoms with Gasteiger partial charge in [-0.25, -0.2) is 9.78 Å². The summed E-state index contributed by atoms with van der Waals surface area (Å²) in [5, 5.41) is 3.42. The number of carbonyl (C=O) groups is 1. The highest BCUT2D eigenvalue weighted by Gasteiger charge is 2.42. The maximum absolute atomic E-state index is 13.2. The Labute approximate surface area is 227 Å². The third-order valence-electron chi connectivity index (χ3n) is 8.15. The van der Waals surface area contributed by atoms with E-state index in [0.717, 1.165) is 87.5 Å². The van der Waals surface area contributed by atoms with Crippen molar-refractivity contribution in [3.05, 3.63) is 52.7 Å². The largest absolute Gasteiger partial charge is 0.493 e. The maximum Gasteiger partial charge on any atom is 0.328 e. The van der Waals surface area contributed by atoms with Gasteiger partial charge in [-0.1, -0.05) is 38.5 Å². The number of likely N-dealkylation sites (tertiary alicyclic amines) is 1. The summed E-state index contributed by atoms with van der Waals surface area (Å²) in [4.78, 5) is 20.1. The van der Waals surface area contributed by atoms with Crippen molar-refractivity contribution >= 4 is 11.8 Å². The zero-order chi connectivity index (χ0) is 26.5.